The second kappa shape index (κ2) is 11.8. The number of benzene rings is 1. The van der Waals surface area contributed by atoms with E-state index in [9.17, 15) is 9.59 Å². The molecule has 7 nitrogen and oxygen atoms in total. The Hall–Kier alpha value is -3.97. The van der Waals surface area contributed by atoms with E-state index in [0.717, 1.165) is 67.0 Å². The van der Waals surface area contributed by atoms with E-state index in [0.29, 0.717) is 18.9 Å². The highest BCUT2D eigenvalue weighted by atomic mass is 16.5. The van der Waals surface area contributed by atoms with Crippen LogP contribution in [0.25, 0.3) is 0 Å². The van der Waals surface area contributed by atoms with Crippen molar-refractivity contribution in [1.29, 1.82) is 0 Å². The number of pyridine rings is 1. The molecule has 0 bridgehead atoms. The Morgan fingerprint density at radius 3 is 2.70 bits per heavy atom. The van der Waals surface area contributed by atoms with Crippen LogP contribution in [0.15, 0.2) is 97.0 Å². The molecule has 0 spiro atoms. The zero-order valence-corrected chi connectivity index (χ0v) is 20.9. The van der Waals surface area contributed by atoms with Gasteiger partial charge < -0.3 is 19.9 Å². The number of carbonyl (C=O) groups is 2. The molecule has 2 aliphatic heterocycles. The van der Waals surface area contributed by atoms with Crippen molar-refractivity contribution in [2.75, 3.05) is 26.2 Å². The molecule has 5 rings (SSSR count). The zero-order valence-electron chi connectivity index (χ0n) is 20.9. The van der Waals surface area contributed by atoms with E-state index in [4.69, 9.17) is 4.74 Å². The topological polar surface area (TPSA) is 74.8 Å². The molecule has 1 fully saturated rings. The third-order valence-electron chi connectivity index (χ3n) is 7.10. The third-order valence-corrected chi connectivity index (χ3v) is 7.10. The molecule has 2 aromatic rings. The molecule has 0 radical (unpaired) electrons. The van der Waals surface area contributed by atoms with Gasteiger partial charge in [0.15, 0.2) is 5.78 Å². The van der Waals surface area contributed by atoms with Gasteiger partial charge in [-0.25, -0.2) is 0 Å². The first-order valence-electron chi connectivity index (χ1n) is 12.9. The summed E-state index contributed by atoms with van der Waals surface area (Å²) in [6.45, 7) is 4.26. The van der Waals surface area contributed by atoms with E-state index < -0.39 is 0 Å². The fourth-order valence-corrected chi connectivity index (χ4v) is 5.01. The molecular weight excluding hydrogens is 464 g/mol. The fraction of sp³-hybridized carbons (Fsp3) is 0.300. The van der Waals surface area contributed by atoms with Crippen molar-refractivity contribution < 1.29 is 14.3 Å². The number of rotatable bonds is 8. The Bertz CT molecular complexity index is 1240. The van der Waals surface area contributed by atoms with Crippen LogP contribution in [0.4, 0.5) is 0 Å². The van der Waals surface area contributed by atoms with Crippen molar-refractivity contribution in [3.05, 3.63) is 114 Å². The number of hydrogen-bond acceptors (Lipinski definition) is 6. The Kier molecular flexibility index (Phi) is 7.91. The second-order valence-corrected chi connectivity index (χ2v) is 9.57. The van der Waals surface area contributed by atoms with Crippen LogP contribution in [-0.4, -0.2) is 52.7 Å². The van der Waals surface area contributed by atoms with Crippen LogP contribution in [0, 0.1) is 0 Å². The van der Waals surface area contributed by atoms with Crippen LogP contribution in [-0.2, 0) is 16.1 Å². The second-order valence-electron chi connectivity index (χ2n) is 9.57. The molecule has 0 saturated carbocycles. The predicted molar refractivity (Wildman–Crippen MR) is 142 cm³/mol. The van der Waals surface area contributed by atoms with Crippen LogP contribution in [0.1, 0.15) is 46.7 Å². The SMILES string of the molecule is O=C1C=CC=C(C2=CN(CCN3CCC(c4ccccc4C(=O)NCc4ccncc4)CC3)C=CO2)C1. The van der Waals surface area contributed by atoms with Crippen LogP contribution in [0.3, 0.4) is 0 Å². The molecule has 1 saturated heterocycles. The summed E-state index contributed by atoms with van der Waals surface area (Å²) in [7, 11) is 0. The number of nitrogens with zero attached hydrogens (tertiary/aromatic N) is 3. The Balaban J connectivity index is 1.13. The molecule has 3 aliphatic rings. The number of amides is 1. The van der Waals surface area contributed by atoms with Gasteiger partial charge in [0.25, 0.3) is 5.91 Å². The van der Waals surface area contributed by atoms with Crippen molar-refractivity contribution in [3.63, 3.8) is 0 Å². The lowest BCUT2D eigenvalue weighted by Gasteiger charge is -2.34. The first-order valence-corrected chi connectivity index (χ1v) is 12.9. The standard InChI is InChI=1S/C30H32N4O3/c35-26-5-3-4-25(20-26)29-22-34(18-19-37-29)17-16-33-14-10-24(11-15-33)27-6-1-2-7-28(27)30(36)32-21-23-8-12-31-13-9-23/h1-9,12-13,18-19,22,24H,10-11,14-17,20-21H2,(H,32,36). The molecule has 1 aromatic carbocycles. The summed E-state index contributed by atoms with van der Waals surface area (Å²) in [5.74, 6) is 1.18. The molecule has 37 heavy (non-hydrogen) atoms. The number of nitrogens with one attached hydrogen (secondary N) is 1. The summed E-state index contributed by atoms with van der Waals surface area (Å²) in [5.41, 5.74) is 3.86. The van der Waals surface area contributed by atoms with Crippen LogP contribution < -0.4 is 5.32 Å². The maximum Gasteiger partial charge on any atom is 0.251 e. The number of ether oxygens (including phenoxy) is 1. The summed E-state index contributed by atoms with van der Waals surface area (Å²) in [5, 5.41) is 3.06. The van der Waals surface area contributed by atoms with E-state index in [1.807, 2.05) is 48.8 Å². The minimum Gasteiger partial charge on any atom is -0.462 e. The lowest BCUT2D eigenvalue weighted by Crippen LogP contribution is -2.38. The summed E-state index contributed by atoms with van der Waals surface area (Å²) in [6, 6.07) is 11.8. The molecule has 0 atom stereocenters. The molecule has 1 amide bonds. The van der Waals surface area contributed by atoms with E-state index in [1.165, 1.54) is 0 Å². The molecule has 1 N–H and O–H groups in total. The summed E-state index contributed by atoms with van der Waals surface area (Å²) in [4.78, 5) is 33.4. The molecular formula is C30H32N4O3. The van der Waals surface area contributed by atoms with Gasteiger partial charge in [0.2, 0.25) is 0 Å². The third kappa shape index (κ3) is 6.43. The van der Waals surface area contributed by atoms with Gasteiger partial charge in [-0.1, -0.05) is 30.4 Å². The summed E-state index contributed by atoms with van der Waals surface area (Å²) >= 11 is 0. The molecule has 0 unspecified atom stereocenters. The Morgan fingerprint density at radius 1 is 1.08 bits per heavy atom. The van der Waals surface area contributed by atoms with Crippen LogP contribution in [0.2, 0.25) is 0 Å². The number of allylic oxidation sites excluding steroid dienone is 4. The first kappa shape index (κ1) is 24.7. The minimum absolute atomic E-state index is 0.0261. The monoisotopic (exact) mass is 496 g/mol. The highest BCUT2D eigenvalue weighted by Crippen LogP contribution is 2.30. The molecule has 190 valence electrons. The lowest BCUT2D eigenvalue weighted by atomic mass is 9.86. The van der Waals surface area contributed by atoms with Gasteiger partial charge in [-0.3, -0.25) is 14.6 Å². The van der Waals surface area contributed by atoms with Crippen molar-refractivity contribution in [2.24, 2.45) is 0 Å². The highest BCUT2D eigenvalue weighted by molar-refractivity contribution is 5.96. The normalized spacial score (nSPS) is 18.3. The van der Waals surface area contributed by atoms with Gasteiger partial charge in [0, 0.05) is 62.0 Å². The van der Waals surface area contributed by atoms with Gasteiger partial charge in [-0.05, 0) is 67.3 Å². The van der Waals surface area contributed by atoms with Crippen LogP contribution in [0.5, 0.6) is 0 Å². The van der Waals surface area contributed by atoms with Crippen molar-refractivity contribution in [2.45, 2.75) is 31.7 Å². The Morgan fingerprint density at radius 2 is 1.89 bits per heavy atom. The lowest BCUT2D eigenvalue weighted by molar-refractivity contribution is -0.114. The van der Waals surface area contributed by atoms with Gasteiger partial charge in [-0.2, -0.15) is 0 Å². The highest BCUT2D eigenvalue weighted by Gasteiger charge is 2.24. The van der Waals surface area contributed by atoms with Gasteiger partial charge >= 0.3 is 0 Å². The van der Waals surface area contributed by atoms with E-state index >= 15 is 0 Å². The van der Waals surface area contributed by atoms with E-state index in [1.54, 1.807) is 30.8 Å². The quantitative estimate of drug-likeness (QED) is 0.588. The molecule has 3 heterocycles. The summed E-state index contributed by atoms with van der Waals surface area (Å²) in [6.07, 6.45) is 16.8. The van der Waals surface area contributed by atoms with Crippen LogP contribution >= 0.6 is 0 Å². The molecule has 7 heteroatoms. The Labute approximate surface area is 217 Å². The van der Waals surface area contributed by atoms with Crippen molar-refractivity contribution >= 4 is 11.7 Å². The average Bonchev–Trinajstić information content (AvgIpc) is 2.96. The summed E-state index contributed by atoms with van der Waals surface area (Å²) < 4.78 is 5.66. The maximum absolute atomic E-state index is 13.0. The number of likely N-dealkylation sites (tertiary alicyclic amines) is 1. The number of piperidine rings is 1. The first-order chi connectivity index (χ1) is 18.2. The maximum atomic E-state index is 13.0. The minimum atomic E-state index is -0.0261. The zero-order chi connectivity index (χ0) is 25.5. The van der Waals surface area contributed by atoms with Gasteiger partial charge in [0.1, 0.15) is 12.0 Å². The number of aromatic nitrogens is 1. The van der Waals surface area contributed by atoms with Gasteiger partial charge in [0.05, 0.1) is 0 Å². The fourth-order valence-electron chi connectivity index (χ4n) is 5.01. The van der Waals surface area contributed by atoms with Gasteiger partial charge in [-0.15, -0.1) is 0 Å². The smallest absolute Gasteiger partial charge is 0.251 e. The number of carbonyl (C=O) groups excluding carboxylic acids is 2. The largest absolute Gasteiger partial charge is 0.462 e. The predicted octanol–water partition coefficient (Wildman–Crippen LogP) is 4.29. The van der Waals surface area contributed by atoms with E-state index in [2.05, 4.69) is 26.2 Å². The van der Waals surface area contributed by atoms with E-state index in [-0.39, 0.29) is 11.7 Å². The average molecular weight is 497 g/mol. The molecule has 1 aliphatic carbocycles. The number of hydrogen-bond donors (Lipinski definition) is 1. The van der Waals surface area contributed by atoms with Crippen molar-refractivity contribution in [1.82, 2.24) is 20.1 Å². The van der Waals surface area contributed by atoms with Crippen molar-refractivity contribution in [3.8, 4) is 0 Å². The number of ketones is 1. The molecule has 1 aromatic heterocycles.